The lowest BCUT2D eigenvalue weighted by Crippen LogP contribution is -2.32. The van der Waals surface area contributed by atoms with Crippen LogP contribution in [0.3, 0.4) is 0 Å². The number of benzene rings is 2. The zero-order valence-electron chi connectivity index (χ0n) is 15.3. The van der Waals surface area contributed by atoms with Gasteiger partial charge in [-0.2, -0.15) is 0 Å². The number of hydrogen-bond acceptors (Lipinski definition) is 4. The van der Waals surface area contributed by atoms with Crippen LogP contribution in [0.2, 0.25) is 0 Å². The number of hydrogen-bond donors (Lipinski definition) is 1. The van der Waals surface area contributed by atoms with E-state index in [9.17, 15) is 13.2 Å². The van der Waals surface area contributed by atoms with Crippen molar-refractivity contribution in [3.63, 3.8) is 0 Å². The Morgan fingerprint density at radius 3 is 2.30 bits per heavy atom. The monoisotopic (exact) mass is 388 g/mol. The summed E-state index contributed by atoms with van der Waals surface area (Å²) >= 11 is 0. The van der Waals surface area contributed by atoms with Gasteiger partial charge in [0, 0.05) is 18.8 Å². The van der Waals surface area contributed by atoms with Gasteiger partial charge in [0.15, 0.2) is 0 Å². The van der Waals surface area contributed by atoms with Gasteiger partial charge < -0.3 is 9.64 Å². The molecule has 2 aromatic rings. The Morgan fingerprint density at radius 1 is 1.00 bits per heavy atom. The summed E-state index contributed by atoms with van der Waals surface area (Å²) in [5, 5.41) is 0. The van der Waals surface area contributed by atoms with Crippen molar-refractivity contribution in [1.82, 2.24) is 4.90 Å². The van der Waals surface area contributed by atoms with Gasteiger partial charge in [0.2, 0.25) is 0 Å². The maximum Gasteiger partial charge on any atom is 0.261 e. The Morgan fingerprint density at radius 2 is 1.67 bits per heavy atom. The van der Waals surface area contributed by atoms with Crippen LogP contribution in [-0.2, 0) is 10.0 Å². The number of carbonyl (C=O) groups is 1. The number of anilines is 1. The molecule has 1 aliphatic rings. The molecule has 1 saturated heterocycles. The summed E-state index contributed by atoms with van der Waals surface area (Å²) in [7, 11) is -2.33. The predicted molar refractivity (Wildman–Crippen MR) is 105 cm³/mol. The number of carbonyl (C=O) groups excluding carboxylic acids is 1. The van der Waals surface area contributed by atoms with Crippen molar-refractivity contribution in [2.75, 3.05) is 24.9 Å². The molecule has 27 heavy (non-hydrogen) atoms. The zero-order valence-corrected chi connectivity index (χ0v) is 16.2. The van der Waals surface area contributed by atoms with Crippen LogP contribution in [0.1, 0.15) is 36.0 Å². The fourth-order valence-corrected chi connectivity index (χ4v) is 4.27. The number of methoxy groups -OCH3 is 1. The SMILES string of the molecule is COc1ccc(S(=O)(=O)Nc2ccccc2)cc1C(=O)N1CCCCCC1. The zero-order chi connectivity index (χ0) is 19.3. The van der Waals surface area contributed by atoms with Gasteiger partial charge in [0.1, 0.15) is 5.75 Å². The molecule has 0 bridgehead atoms. The highest BCUT2D eigenvalue weighted by Gasteiger charge is 2.24. The van der Waals surface area contributed by atoms with E-state index in [-0.39, 0.29) is 16.4 Å². The molecule has 0 aliphatic carbocycles. The summed E-state index contributed by atoms with van der Waals surface area (Å²) in [5.74, 6) is 0.188. The summed E-state index contributed by atoms with van der Waals surface area (Å²) in [6, 6.07) is 13.0. The molecule has 6 nitrogen and oxygen atoms in total. The van der Waals surface area contributed by atoms with Gasteiger partial charge >= 0.3 is 0 Å². The minimum absolute atomic E-state index is 0.0327. The van der Waals surface area contributed by atoms with E-state index < -0.39 is 10.0 Å². The van der Waals surface area contributed by atoms with Crippen LogP contribution in [0.15, 0.2) is 53.4 Å². The minimum Gasteiger partial charge on any atom is -0.496 e. The smallest absolute Gasteiger partial charge is 0.261 e. The van der Waals surface area contributed by atoms with Crippen molar-refractivity contribution in [2.24, 2.45) is 0 Å². The maximum atomic E-state index is 13.0. The second-order valence-electron chi connectivity index (χ2n) is 6.54. The first-order chi connectivity index (χ1) is 13.0. The van der Waals surface area contributed by atoms with Gasteiger partial charge in [-0.25, -0.2) is 8.42 Å². The van der Waals surface area contributed by atoms with E-state index in [1.807, 2.05) is 6.07 Å². The minimum atomic E-state index is -3.81. The Bertz CT molecular complexity index is 889. The molecule has 0 saturated carbocycles. The lowest BCUT2D eigenvalue weighted by atomic mass is 10.1. The van der Waals surface area contributed by atoms with Gasteiger partial charge in [0.05, 0.1) is 17.6 Å². The topological polar surface area (TPSA) is 75.7 Å². The molecular weight excluding hydrogens is 364 g/mol. The van der Waals surface area contributed by atoms with E-state index >= 15 is 0 Å². The summed E-state index contributed by atoms with van der Waals surface area (Å²) in [4.78, 5) is 14.8. The van der Waals surface area contributed by atoms with Crippen LogP contribution in [0.4, 0.5) is 5.69 Å². The first-order valence-electron chi connectivity index (χ1n) is 9.06. The highest BCUT2D eigenvalue weighted by atomic mass is 32.2. The highest BCUT2D eigenvalue weighted by molar-refractivity contribution is 7.92. The molecule has 7 heteroatoms. The number of rotatable bonds is 5. The Kier molecular flexibility index (Phi) is 6.01. The Hall–Kier alpha value is -2.54. The average molecular weight is 388 g/mol. The predicted octanol–water partition coefficient (Wildman–Crippen LogP) is 3.51. The number of nitrogens with one attached hydrogen (secondary N) is 1. The summed E-state index contributed by atoms with van der Waals surface area (Å²) in [6.45, 7) is 1.36. The van der Waals surface area contributed by atoms with Gasteiger partial charge in [-0.3, -0.25) is 9.52 Å². The van der Waals surface area contributed by atoms with Gasteiger partial charge in [-0.05, 0) is 43.2 Å². The van der Waals surface area contributed by atoms with Crippen LogP contribution < -0.4 is 9.46 Å². The van der Waals surface area contributed by atoms with E-state index in [0.29, 0.717) is 24.5 Å². The van der Waals surface area contributed by atoms with Crippen molar-refractivity contribution >= 4 is 21.6 Å². The average Bonchev–Trinajstić information content (AvgIpc) is 2.97. The number of sulfonamides is 1. The standard InChI is InChI=1S/C20H24N2O4S/c1-26-19-12-11-17(27(24,25)21-16-9-5-4-6-10-16)15-18(19)20(23)22-13-7-2-3-8-14-22/h4-6,9-12,15,21H,2-3,7-8,13-14H2,1H3. The van der Waals surface area contributed by atoms with E-state index in [1.54, 1.807) is 29.2 Å². The molecule has 1 aliphatic heterocycles. The van der Waals surface area contributed by atoms with Crippen LogP contribution in [-0.4, -0.2) is 39.4 Å². The molecule has 1 N–H and O–H groups in total. The fourth-order valence-electron chi connectivity index (χ4n) is 3.19. The molecule has 0 aromatic heterocycles. The van der Waals surface area contributed by atoms with E-state index in [2.05, 4.69) is 4.72 Å². The molecule has 0 spiro atoms. The third-order valence-corrected chi connectivity index (χ3v) is 6.01. The number of likely N-dealkylation sites (tertiary alicyclic amines) is 1. The fraction of sp³-hybridized carbons (Fsp3) is 0.350. The van der Waals surface area contributed by atoms with Crippen molar-refractivity contribution in [3.05, 3.63) is 54.1 Å². The summed E-state index contributed by atoms with van der Waals surface area (Å²) < 4.78 is 33.3. The second-order valence-corrected chi connectivity index (χ2v) is 8.22. The molecule has 3 rings (SSSR count). The molecule has 0 unspecified atom stereocenters. The molecule has 1 amide bonds. The highest BCUT2D eigenvalue weighted by Crippen LogP contribution is 2.26. The largest absolute Gasteiger partial charge is 0.496 e. The van der Waals surface area contributed by atoms with E-state index in [0.717, 1.165) is 25.7 Å². The molecule has 1 fully saturated rings. The van der Waals surface area contributed by atoms with Crippen LogP contribution >= 0.6 is 0 Å². The third kappa shape index (κ3) is 4.60. The number of ether oxygens (including phenoxy) is 1. The Balaban J connectivity index is 1.91. The van der Waals surface area contributed by atoms with Gasteiger partial charge in [-0.1, -0.05) is 31.0 Å². The summed E-state index contributed by atoms with van der Waals surface area (Å²) in [5.41, 5.74) is 0.740. The van der Waals surface area contributed by atoms with Crippen molar-refractivity contribution in [1.29, 1.82) is 0 Å². The first kappa shape index (κ1) is 19.2. The van der Waals surface area contributed by atoms with Crippen LogP contribution in [0.25, 0.3) is 0 Å². The van der Waals surface area contributed by atoms with Crippen molar-refractivity contribution in [3.8, 4) is 5.75 Å². The molecule has 1 heterocycles. The molecule has 144 valence electrons. The molecule has 0 radical (unpaired) electrons. The first-order valence-corrected chi connectivity index (χ1v) is 10.5. The number of nitrogens with zero attached hydrogens (tertiary/aromatic N) is 1. The van der Waals surface area contributed by atoms with Crippen LogP contribution in [0, 0.1) is 0 Å². The van der Waals surface area contributed by atoms with Crippen molar-refractivity contribution < 1.29 is 17.9 Å². The van der Waals surface area contributed by atoms with E-state index in [4.69, 9.17) is 4.74 Å². The lowest BCUT2D eigenvalue weighted by Gasteiger charge is -2.22. The Labute approximate surface area is 160 Å². The summed E-state index contributed by atoms with van der Waals surface area (Å²) in [6.07, 6.45) is 4.13. The van der Waals surface area contributed by atoms with E-state index in [1.165, 1.54) is 25.3 Å². The lowest BCUT2D eigenvalue weighted by molar-refractivity contribution is 0.0758. The number of amides is 1. The van der Waals surface area contributed by atoms with Crippen molar-refractivity contribution in [2.45, 2.75) is 30.6 Å². The van der Waals surface area contributed by atoms with Crippen LogP contribution in [0.5, 0.6) is 5.75 Å². The van der Waals surface area contributed by atoms with Gasteiger partial charge in [-0.15, -0.1) is 0 Å². The third-order valence-electron chi connectivity index (χ3n) is 4.63. The molecule has 0 atom stereocenters. The maximum absolute atomic E-state index is 13.0. The second kappa shape index (κ2) is 8.43. The quantitative estimate of drug-likeness (QED) is 0.850. The number of para-hydroxylation sites is 1. The molecular formula is C20H24N2O4S. The molecule has 2 aromatic carbocycles. The normalized spacial score (nSPS) is 15.1. The van der Waals surface area contributed by atoms with Gasteiger partial charge in [0.25, 0.3) is 15.9 Å².